The molecular formula is C16H21N3O2. The highest BCUT2D eigenvalue weighted by molar-refractivity contribution is 5.95. The van der Waals surface area contributed by atoms with Gasteiger partial charge in [0.05, 0.1) is 23.9 Å². The smallest absolute Gasteiger partial charge is 0.253 e. The van der Waals surface area contributed by atoms with E-state index in [9.17, 15) is 9.90 Å². The third-order valence-electron chi connectivity index (χ3n) is 3.42. The van der Waals surface area contributed by atoms with Crippen molar-refractivity contribution >= 4 is 5.91 Å². The van der Waals surface area contributed by atoms with Crippen molar-refractivity contribution in [3.05, 3.63) is 53.1 Å². The van der Waals surface area contributed by atoms with Gasteiger partial charge in [-0.1, -0.05) is 6.07 Å². The molecule has 5 heteroatoms. The van der Waals surface area contributed by atoms with Crippen LogP contribution in [0.15, 0.2) is 30.5 Å². The van der Waals surface area contributed by atoms with Crippen LogP contribution in [0.4, 0.5) is 0 Å². The van der Waals surface area contributed by atoms with Crippen LogP contribution in [0, 0.1) is 13.8 Å². The molecule has 2 N–H and O–H groups in total. The molecule has 0 fully saturated rings. The van der Waals surface area contributed by atoms with E-state index in [-0.39, 0.29) is 12.5 Å². The second-order valence-electron chi connectivity index (χ2n) is 5.25. The first-order valence-corrected chi connectivity index (χ1v) is 7.02. The molecule has 0 saturated heterocycles. The molecule has 2 aromatic rings. The van der Waals surface area contributed by atoms with Crippen LogP contribution >= 0.6 is 0 Å². The minimum atomic E-state index is -0.550. The summed E-state index contributed by atoms with van der Waals surface area (Å²) in [5.74, 6) is -0.156. The van der Waals surface area contributed by atoms with Gasteiger partial charge in [-0.3, -0.25) is 9.78 Å². The number of aromatic nitrogens is 2. The van der Waals surface area contributed by atoms with Gasteiger partial charge in [0.25, 0.3) is 5.91 Å². The maximum atomic E-state index is 12.1. The molecule has 0 aromatic carbocycles. The summed E-state index contributed by atoms with van der Waals surface area (Å²) in [7, 11) is 0. The molecule has 1 unspecified atom stereocenters. The number of nitrogens with zero attached hydrogens (tertiary/aromatic N) is 2. The molecule has 0 bridgehead atoms. The monoisotopic (exact) mass is 287 g/mol. The molecule has 0 aliphatic heterocycles. The molecule has 2 rings (SSSR count). The lowest BCUT2D eigenvalue weighted by molar-refractivity contribution is 0.0923. The van der Waals surface area contributed by atoms with Gasteiger partial charge in [0.15, 0.2) is 0 Å². The fraction of sp³-hybridized carbons (Fsp3) is 0.375. The second kappa shape index (κ2) is 6.54. The Morgan fingerprint density at radius 1 is 1.43 bits per heavy atom. The van der Waals surface area contributed by atoms with Crippen molar-refractivity contribution in [3.63, 3.8) is 0 Å². The Morgan fingerprint density at radius 3 is 2.81 bits per heavy atom. The molecule has 1 amide bonds. The van der Waals surface area contributed by atoms with Gasteiger partial charge in [-0.25, -0.2) is 0 Å². The molecule has 0 radical (unpaired) electrons. The van der Waals surface area contributed by atoms with Gasteiger partial charge in [0, 0.05) is 24.1 Å². The summed E-state index contributed by atoms with van der Waals surface area (Å²) in [5, 5.41) is 12.0. The minimum Gasteiger partial charge on any atom is -0.392 e. The van der Waals surface area contributed by atoms with E-state index in [1.165, 1.54) is 0 Å². The number of nitrogens with one attached hydrogen (secondary N) is 1. The highest BCUT2D eigenvalue weighted by atomic mass is 16.3. The van der Waals surface area contributed by atoms with Crippen LogP contribution in [-0.4, -0.2) is 33.2 Å². The van der Waals surface area contributed by atoms with E-state index in [0.29, 0.717) is 12.1 Å². The average Bonchev–Trinajstić information content (AvgIpc) is 2.74. The molecule has 0 aliphatic rings. The van der Waals surface area contributed by atoms with E-state index in [2.05, 4.69) is 14.9 Å². The minimum absolute atomic E-state index is 0.156. The zero-order valence-corrected chi connectivity index (χ0v) is 12.6. The Kier molecular flexibility index (Phi) is 4.75. The summed E-state index contributed by atoms with van der Waals surface area (Å²) in [4.78, 5) is 16.5. The third-order valence-corrected chi connectivity index (χ3v) is 3.42. The van der Waals surface area contributed by atoms with Crippen LogP contribution in [0.5, 0.6) is 0 Å². The Bertz CT molecular complexity index is 618. The van der Waals surface area contributed by atoms with Crippen molar-refractivity contribution < 1.29 is 9.90 Å². The van der Waals surface area contributed by atoms with Crippen molar-refractivity contribution in [2.75, 3.05) is 6.54 Å². The van der Waals surface area contributed by atoms with Gasteiger partial charge in [-0.2, -0.15) is 0 Å². The van der Waals surface area contributed by atoms with Gasteiger partial charge in [0.2, 0.25) is 0 Å². The molecule has 2 heterocycles. The largest absolute Gasteiger partial charge is 0.392 e. The first-order chi connectivity index (χ1) is 9.99. The first-order valence-electron chi connectivity index (χ1n) is 7.02. The molecule has 5 nitrogen and oxygen atoms in total. The van der Waals surface area contributed by atoms with Crippen molar-refractivity contribution in [3.8, 4) is 0 Å². The van der Waals surface area contributed by atoms with Gasteiger partial charge in [-0.05, 0) is 39.0 Å². The number of carbonyl (C=O) groups is 1. The molecular weight excluding hydrogens is 266 g/mol. The van der Waals surface area contributed by atoms with Crippen LogP contribution in [0.2, 0.25) is 0 Å². The molecule has 112 valence electrons. The SMILES string of the molecule is Cc1cc(C(=O)NCC(C)O)c(C)n1Cc1ccccn1. The zero-order valence-electron chi connectivity index (χ0n) is 12.6. The zero-order chi connectivity index (χ0) is 15.4. The lowest BCUT2D eigenvalue weighted by Gasteiger charge is -2.10. The lowest BCUT2D eigenvalue weighted by atomic mass is 10.2. The molecule has 0 saturated carbocycles. The number of amides is 1. The summed E-state index contributed by atoms with van der Waals surface area (Å²) < 4.78 is 2.07. The second-order valence-corrected chi connectivity index (χ2v) is 5.25. The fourth-order valence-electron chi connectivity index (χ4n) is 2.26. The standard InChI is InChI=1S/C16H21N3O2/c1-11-8-15(16(21)18-9-12(2)20)13(3)19(11)10-14-6-4-5-7-17-14/h4-8,12,20H,9-10H2,1-3H3,(H,18,21). The fourth-order valence-corrected chi connectivity index (χ4v) is 2.26. The summed E-state index contributed by atoms with van der Waals surface area (Å²) in [6.07, 6.45) is 1.21. The van der Waals surface area contributed by atoms with Crippen molar-refractivity contribution in [2.45, 2.75) is 33.4 Å². The molecule has 0 aliphatic carbocycles. The van der Waals surface area contributed by atoms with E-state index in [0.717, 1.165) is 17.1 Å². The summed E-state index contributed by atoms with van der Waals surface area (Å²) in [6.45, 7) is 6.43. The average molecular weight is 287 g/mol. The number of hydrogen-bond acceptors (Lipinski definition) is 3. The Hall–Kier alpha value is -2.14. The molecule has 2 aromatic heterocycles. The Morgan fingerprint density at radius 2 is 2.19 bits per heavy atom. The predicted octanol–water partition coefficient (Wildman–Crippen LogP) is 1.66. The van der Waals surface area contributed by atoms with Crippen molar-refractivity contribution in [1.82, 2.24) is 14.9 Å². The van der Waals surface area contributed by atoms with Gasteiger partial charge in [0.1, 0.15) is 0 Å². The number of aliphatic hydroxyl groups is 1. The molecule has 0 spiro atoms. The lowest BCUT2D eigenvalue weighted by Crippen LogP contribution is -2.30. The summed E-state index contributed by atoms with van der Waals surface area (Å²) in [5.41, 5.74) is 3.51. The summed E-state index contributed by atoms with van der Waals surface area (Å²) >= 11 is 0. The van der Waals surface area contributed by atoms with E-state index < -0.39 is 6.10 Å². The third kappa shape index (κ3) is 3.70. The van der Waals surface area contributed by atoms with Crippen LogP contribution in [0.25, 0.3) is 0 Å². The number of aliphatic hydroxyl groups excluding tert-OH is 1. The van der Waals surface area contributed by atoms with Crippen LogP contribution in [0.3, 0.4) is 0 Å². The predicted molar refractivity (Wildman–Crippen MR) is 81.3 cm³/mol. The first kappa shape index (κ1) is 15.3. The van der Waals surface area contributed by atoms with Crippen LogP contribution in [-0.2, 0) is 6.54 Å². The highest BCUT2D eigenvalue weighted by Crippen LogP contribution is 2.16. The maximum Gasteiger partial charge on any atom is 0.253 e. The number of aryl methyl sites for hydroxylation is 1. The normalized spacial score (nSPS) is 12.2. The maximum absolute atomic E-state index is 12.1. The van der Waals surface area contributed by atoms with Crippen LogP contribution in [0.1, 0.15) is 34.4 Å². The Labute approximate surface area is 124 Å². The number of hydrogen-bond donors (Lipinski definition) is 2. The van der Waals surface area contributed by atoms with Crippen molar-refractivity contribution in [2.24, 2.45) is 0 Å². The van der Waals surface area contributed by atoms with E-state index in [1.54, 1.807) is 13.1 Å². The van der Waals surface area contributed by atoms with Gasteiger partial charge < -0.3 is 15.0 Å². The summed E-state index contributed by atoms with van der Waals surface area (Å²) in [6, 6.07) is 7.67. The number of carbonyl (C=O) groups excluding carboxylic acids is 1. The number of rotatable bonds is 5. The van der Waals surface area contributed by atoms with Crippen molar-refractivity contribution in [1.29, 1.82) is 0 Å². The topological polar surface area (TPSA) is 67.2 Å². The highest BCUT2D eigenvalue weighted by Gasteiger charge is 2.16. The quantitative estimate of drug-likeness (QED) is 0.879. The molecule has 21 heavy (non-hydrogen) atoms. The van der Waals surface area contributed by atoms with E-state index >= 15 is 0 Å². The number of pyridine rings is 1. The van der Waals surface area contributed by atoms with E-state index in [4.69, 9.17) is 0 Å². The van der Waals surface area contributed by atoms with Gasteiger partial charge >= 0.3 is 0 Å². The van der Waals surface area contributed by atoms with Gasteiger partial charge in [-0.15, -0.1) is 0 Å². The van der Waals surface area contributed by atoms with E-state index in [1.807, 2.05) is 38.1 Å². The Balaban J connectivity index is 2.19. The van der Waals surface area contributed by atoms with Crippen LogP contribution < -0.4 is 5.32 Å². The molecule has 1 atom stereocenters.